The average molecular weight is 446 g/mol. The number of hydrogen-bond acceptors (Lipinski definition) is 5. The van der Waals surface area contributed by atoms with Gasteiger partial charge in [0, 0.05) is 18.0 Å². The zero-order valence-corrected chi connectivity index (χ0v) is 17.7. The topological polar surface area (TPSA) is 125 Å². The van der Waals surface area contributed by atoms with E-state index in [1.807, 2.05) is 48.5 Å². The van der Waals surface area contributed by atoms with Crippen LogP contribution in [0.4, 0.5) is 4.79 Å². The fraction of sp³-hybridized carbons (Fsp3) is 0.250. The Labute approximate surface area is 189 Å². The van der Waals surface area contributed by atoms with Crippen molar-refractivity contribution in [3.8, 4) is 11.1 Å². The minimum absolute atomic E-state index is 0.0772. The number of amides is 2. The number of nitrogens with one attached hydrogen (secondary N) is 2. The zero-order chi connectivity index (χ0) is 22.9. The van der Waals surface area contributed by atoms with E-state index in [4.69, 9.17) is 4.74 Å². The number of H-pyrrole nitrogens is 1. The molecule has 3 aromatic rings. The molecule has 2 heterocycles. The number of rotatable bonds is 6. The van der Waals surface area contributed by atoms with Gasteiger partial charge >= 0.3 is 12.1 Å². The smallest absolute Gasteiger partial charge is 0.407 e. The fourth-order valence-electron chi connectivity index (χ4n) is 4.60. The van der Waals surface area contributed by atoms with Crippen LogP contribution in [0.5, 0.6) is 0 Å². The van der Waals surface area contributed by atoms with Gasteiger partial charge in [-0.1, -0.05) is 48.5 Å². The van der Waals surface area contributed by atoms with E-state index in [-0.39, 0.29) is 19.1 Å². The van der Waals surface area contributed by atoms with Gasteiger partial charge < -0.3 is 20.1 Å². The molecule has 1 aliphatic carbocycles. The highest BCUT2D eigenvalue weighted by molar-refractivity contribution is 5.89. The third-order valence-electron chi connectivity index (χ3n) is 6.14. The SMILES string of the molecule is O=C(O)CC(NC(=O)OCC1c2ccccc2-c2ccccc21)C(=O)N1Cc2cn[nH]c2C1. The van der Waals surface area contributed by atoms with Crippen molar-refractivity contribution in [2.24, 2.45) is 0 Å². The van der Waals surface area contributed by atoms with Crippen LogP contribution < -0.4 is 5.32 Å². The number of alkyl carbamates (subject to hydrolysis) is 1. The first kappa shape index (κ1) is 20.7. The number of hydrogen-bond donors (Lipinski definition) is 3. The summed E-state index contributed by atoms with van der Waals surface area (Å²) in [7, 11) is 0. The molecule has 3 N–H and O–H groups in total. The summed E-state index contributed by atoms with van der Waals surface area (Å²) in [4.78, 5) is 38.3. The molecule has 1 aliphatic heterocycles. The Kier molecular flexibility index (Phi) is 5.29. The average Bonchev–Trinajstić information content (AvgIpc) is 3.49. The van der Waals surface area contributed by atoms with Crippen LogP contribution in [0.3, 0.4) is 0 Å². The number of fused-ring (bicyclic) bond motifs is 4. The molecular formula is C24H22N4O5. The Balaban J connectivity index is 1.26. The van der Waals surface area contributed by atoms with Gasteiger partial charge in [0.15, 0.2) is 0 Å². The second-order valence-electron chi connectivity index (χ2n) is 8.19. The Morgan fingerprint density at radius 2 is 1.76 bits per heavy atom. The number of carbonyl (C=O) groups is 3. The summed E-state index contributed by atoms with van der Waals surface area (Å²) >= 11 is 0. The first-order valence-corrected chi connectivity index (χ1v) is 10.6. The number of aromatic nitrogens is 2. The lowest BCUT2D eigenvalue weighted by Gasteiger charge is -2.23. The van der Waals surface area contributed by atoms with Gasteiger partial charge in [-0.25, -0.2) is 4.79 Å². The van der Waals surface area contributed by atoms with Gasteiger partial charge in [0.25, 0.3) is 0 Å². The van der Waals surface area contributed by atoms with Crippen LogP contribution in [-0.4, -0.2) is 50.8 Å². The van der Waals surface area contributed by atoms with Crippen LogP contribution in [0, 0.1) is 0 Å². The minimum atomic E-state index is -1.23. The maximum atomic E-state index is 12.9. The van der Waals surface area contributed by atoms with E-state index in [0.717, 1.165) is 33.5 Å². The summed E-state index contributed by atoms with van der Waals surface area (Å²) in [6, 6.07) is 14.7. The molecule has 1 atom stereocenters. The number of nitrogens with zero attached hydrogens (tertiary/aromatic N) is 2. The molecule has 0 saturated carbocycles. The molecule has 2 aliphatic rings. The standard InChI is InChI=1S/C24H22N4O5/c29-22(30)9-20(23(31)28-11-14-10-25-27-21(14)12-28)26-24(32)33-13-19-17-7-3-1-5-15(17)16-6-2-4-8-18(16)19/h1-8,10,19-20H,9,11-13H2,(H,25,27)(H,26,32)(H,29,30). The van der Waals surface area contributed by atoms with Gasteiger partial charge in [0.2, 0.25) is 5.91 Å². The van der Waals surface area contributed by atoms with Crippen LogP contribution in [0.25, 0.3) is 11.1 Å². The molecule has 2 aromatic carbocycles. The quantitative estimate of drug-likeness (QED) is 0.535. The van der Waals surface area contributed by atoms with Crippen molar-refractivity contribution < 1.29 is 24.2 Å². The summed E-state index contributed by atoms with van der Waals surface area (Å²) in [6.45, 7) is 0.678. The molecule has 2 amide bonds. The number of ether oxygens (including phenoxy) is 1. The molecule has 0 fully saturated rings. The van der Waals surface area contributed by atoms with E-state index < -0.39 is 30.4 Å². The van der Waals surface area contributed by atoms with E-state index in [0.29, 0.717) is 6.54 Å². The van der Waals surface area contributed by atoms with Crippen molar-refractivity contribution in [1.82, 2.24) is 20.4 Å². The van der Waals surface area contributed by atoms with Crippen molar-refractivity contribution in [2.75, 3.05) is 6.61 Å². The van der Waals surface area contributed by atoms with Gasteiger partial charge in [0.1, 0.15) is 12.6 Å². The molecule has 9 heteroatoms. The second-order valence-corrected chi connectivity index (χ2v) is 8.19. The van der Waals surface area contributed by atoms with Crippen molar-refractivity contribution >= 4 is 18.0 Å². The minimum Gasteiger partial charge on any atom is -0.481 e. The molecule has 33 heavy (non-hydrogen) atoms. The third-order valence-corrected chi connectivity index (χ3v) is 6.14. The van der Waals surface area contributed by atoms with Crippen LogP contribution in [0.1, 0.15) is 34.7 Å². The van der Waals surface area contributed by atoms with Crippen LogP contribution in [-0.2, 0) is 27.4 Å². The second kappa shape index (κ2) is 8.42. The summed E-state index contributed by atoms with van der Waals surface area (Å²) < 4.78 is 5.48. The Morgan fingerprint density at radius 3 is 2.39 bits per heavy atom. The molecule has 0 radical (unpaired) electrons. The number of aliphatic carboxylic acids is 1. The number of aromatic amines is 1. The third kappa shape index (κ3) is 3.93. The molecule has 9 nitrogen and oxygen atoms in total. The molecule has 5 rings (SSSR count). The number of carboxylic acids is 1. The number of carbonyl (C=O) groups excluding carboxylic acids is 2. The maximum Gasteiger partial charge on any atom is 0.407 e. The molecule has 0 spiro atoms. The van der Waals surface area contributed by atoms with Gasteiger partial charge in [-0.3, -0.25) is 14.7 Å². The van der Waals surface area contributed by atoms with Crippen molar-refractivity contribution in [1.29, 1.82) is 0 Å². The van der Waals surface area contributed by atoms with Gasteiger partial charge in [0.05, 0.1) is 24.9 Å². The molecule has 1 aromatic heterocycles. The highest BCUT2D eigenvalue weighted by Crippen LogP contribution is 2.44. The van der Waals surface area contributed by atoms with Crippen LogP contribution in [0.15, 0.2) is 54.7 Å². The molecule has 0 bridgehead atoms. The summed E-state index contributed by atoms with van der Waals surface area (Å²) in [5.74, 6) is -1.80. The summed E-state index contributed by atoms with van der Waals surface area (Å²) in [6.07, 6.45) is 0.273. The molecular weight excluding hydrogens is 424 g/mol. The zero-order valence-electron chi connectivity index (χ0n) is 17.7. The highest BCUT2D eigenvalue weighted by atomic mass is 16.5. The first-order valence-electron chi connectivity index (χ1n) is 10.6. The first-order chi connectivity index (χ1) is 16.0. The monoisotopic (exact) mass is 446 g/mol. The molecule has 1 unspecified atom stereocenters. The van der Waals surface area contributed by atoms with Crippen LogP contribution >= 0.6 is 0 Å². The fourth-order valence-corrected chi connectivity index (χ4v) is 4.60. The Hall–Kier alpha value is -4.14. The van der Waals surface area contributed by atoms with E-state index in [9.17, 15) is 19.5 Å². The lowest BCUT2D eigenvalue weighted by molar-refractivity contribution is -0.142. The lowest BCUT2D eigenvalue weighted by atomic mass is 9.98. The summed E-state index contributed by atoms with van der Waals surface area (Å²) in [5, 5.41) is 18.5. The predicted molar refractivity (Wildman–Crippen MR) is 117 cm³/mol. The Bertz CT molecular complexity index is 1170. The molecule has 168 valence electrons. The van der Waals surface area contributed by atoms with Gasteiger partial charge in [-0.05, 0) is 22.3 Å². The highest BCUT2D eigenvalue weighted by Gasteiger charge is 2.34. The maximum absolute atomic E-state index is 12.9. The van der Waals surface area contributed by atoms with Gasteiger partial charge in [-0.2, -0.15) is 5.10 Å². The number of carboxylic acid groups (broad SMARTS) is 1. The van der Waals surface area contributed by atoms with E-state index in [2.05, 4.69) is 15.5 Å². The van der Waals surface area contributed by atoms with Crippen molar-refractivity contribution in [3.05, 3.63) is 77.1 Å². The van der Waals surface area contributed by atoms with Crippen LogP contribution in [0.2, 0.25) is 0 Å². The van der Waals surface area contributed by atoms with E-state index in [1.54, 1.807) is 6.20 Å². The molecule has 0 saturated heterocycles. The predicted octanol–water partition coefficient (Wildman–Crippen LogP) is 2.63. The lowest BCUT2D eigenvalue weighted by Crippen LogP contribution is -2.48. The normalized spacial score (nSPS) is 14.8. The van der Waals surface area contributed by atoms with Gasteiger partial charge in [-0.15, -0.1) is 0 Å². The summed E-state index contributed by atoms with van der Waals surface area (Å²) in [5.41, 5.74) is 6.02. The van der Waals surface area contributed by atoms with E-state index in [1.165, 1.54) is 4.90 Å². The van der Waals surface area contributed by atoms with Crippen molar-refractivity contribution in [3.63, 3.8) is 0 Å². The largest absolute Gasteiger partial charge is 0.481 e. The Morgan fingerprint density at radius 1 is 1.09 bits per heavy atom. The number of benzene rings is 2. The van der Waals surface area contributed by atoms with Crippen molar-refractivity contribution in [2.45, 2.75) is 31.5 Å². The van der Waals surface area contributed by atoms with E-state index >= 15 is 0 Å².